The predicted octanol–water partition coefficient (Wildman–Crippen LogP) is 3.53. The van der Waals surface area contributed by atoms with Crippen LogP contribution >= 0.6 is 23.1 Å². The lowest BCUT2D eigenvalue weighted by Crippen LogP contribution is -2.21. The molecule has 1 aliphatic rings. The molecule has 4 rings (SSSR count). The lowest BCUT2D eigenvalue weighted by molar-refractivity contribution is 0.0955. The molecule has 1 atom stereocenters. The predicted molar refractivity (Wildman–Crippen MR) is 90.8 cm³/mol. The van der Waals surface area contributed by atoms with Gasteiger partial charge in [-0.1, -0.05) is 6.07 Å². The van der Waals surface area contributed by atoms with Crippen LogP contribution in [-0.4, -0.2) is 21.3 Å². The van der Waals surface area contributed by atoms with E-state index in [0.29, 0.717) is 6.54 Å². The number of carbonyl (C=O) groups is 1. The Morgan fingerprint density at radius 3 is 3.04 bits per heavy atom. The summed E-state index contributed by atoms with van der Waals surface area (Å²) in [4.78, 5) is 14.2. The van der Waals surface area contributed by atoms with E-state index in [1.807, 2.05) is 30.3 Å². The van der Waals surface area contributed by atoms with Gasteiger partial charge in [-0.25, -0.2) is 0 Å². The van der Waals surface area contributed by atoms with Gasteiger partial charge in [0.1, 0.15) is 11.0 Å². The van der Waals surface area contributed by atoms with Gasteiger partial charge in [0.05, 0.1) is 22.7 Å². The van der Waals surface area contributed by atoms with Crippen LogP contribution in [0, 0.1) is 0 Å². The molecule has 0 radical (unpaired) electrons. The fourth-order valence-corrected chi connectivity index (χ4v) is 4.18. The number of nitrogens with zero attached hydrogens (tertiary/aromatic N) is 2. The number of nitrogens with one attached hydrogen (secondary N) is 1. The second-order valence-corrected chi connectivity index (χ2v) is 7.12. The van der Waals surface area contributed by atoms with Crippen LogP contribution in [-0.2, 0) is 11.3 Å². The van der Waals surface area contributed by atoms with E-state index in [1.54, 1.807) is 0 Å². The van der Waals surface area contributed by atoms with Gasteiger partial charge in [0, 0.05) is 18.0 Å². The molecule has 0 spiro atoms. The summed E-state index contributed by atoms with van der Waals surface area (Å²) in [6.45, 7) is 1.30. The second-order valence-electron chi connectivity index (χ2n) is 5.47. The third-order valence-corrected chi connectivity index (χ3v) is 5.60. The van der Waals surface area contributed by atoms with Gasteiger partial charge in [0.2, 0.25) is 0 Å². The first kappa shape index (κ1) is 14.7. The van der Waals surface area contributed by atoms with E-state index in [-0.39, 0.29) is 12.0 Å². The zero-order valence-corrected chi connectivity index (χ0v) is 14.0. The van der Waals surface area contributed by atoms with Crippen molar-refractivity contribution in [2.45, 2.75) is 25.5 Å². The van der Waals surface area contributed by atoms with Crippen LogP contribution in [0.2, 0.25) is 0 Å². The van der Waals surface area contributed by atoms with E-state index >= 15 is 0 Å². The Morgan fingerprint density at radius 2 is 2.17 bits per heavy atom. The van der Waals surface area contributed by atoms with E-state index in [4.69, 9.17) is 4.74 Å². The van der Waals surface area contributed by atoms with Gasteiger partial charge in [0.15, 0.2) is 0 Å². The molecule has 1 aliphatic heterocycles. The Balaban J connectivity index is 1.41. The molecule has 1 amide bonds. The van der Waals surface area contributed by atoms with Gasteiger partial charge < -0.3 is 10.1 Å². The molecule has 0 aliphatic carbocycles. The number of thiophene rings is 1. The van der Waals surface area contributed by atoms with Crippen LogP contribution < -0.4 is 5.32 Å². The molecule has 118 valence electrons. The normalized spacial score (nSPS) is 17.7. The summed E-state index contributed by atoms with van der Waals surface area (Å²) in [5.41, 5.74) is 2.79. The molecule has 1 fully saturated rings. The molecule has 3 aromatic rings. The first-order valence-electron chi connectivity index (χ1n) is 7.50. The van der Waals surface area contributed by atoms with Crippen molar-refractivity contribution in [3.8, 4) is 0 Å². The standard InChI is InChI=1S/C16H15N3O2S2/c20-16(15-6-5-14(22-15)13-2-1-7-21-13)17-9-10-3-4-11-12(8-10)19-23-18-11/h3-6,8,13H,1-2,7,9H2,(H,17,20)/t13-/m1/s1. The Hall–Kier alpha value is -1.83. The van der Waals surface area contributed by atoms with E-state index in [2.05, 4.69) is 14.1 Å². The van der Waals surface area contributed by atoms with Crippen LogP contribution in [0.1, 0.15) is 39.1 Å². The van der Waals surface area contributed by atoms with Crippen LogP contribution in [0.4, 0.5) is 0 Å². The van der Waals surface area contributed by atoms with Gasteiger partial charge in [-0.15, -0.1) is 11.3 Å². The fourth-order valence-electron chi connectivity index (χ4n) is 2.66. The molecule has 3 heterocycles. The zero-order valence-electron chi connectivity index (χ0n) is 12.3. The van der Waals surface area contributed by atoms with E-state index in [0.717, 1.165) is 45.8 Å². The highest BCUT2D eigenvalue weighted by Gasteiger charge is 2.20. The minimum Gasteiger partial charge on any atom is -0.373 e. The van der Waals surface area contributed by atoms with Gasteiger partial charge in [-0.05, 0) is 42.7 Å². The Morgan fingerprint density at radius 1 is 1.26 bits per heavy atom. The number of aromatic nitrogens is 2. The number of fused-ring (bicyclic) bond motifs is 1. The molecule has 1 N–H and O–H groups in total. The first-order chi connectivity index (χ1) is 11.3. The minimum atomic E-state index is -0.0456. The Bertz CT molecular complexity index is 837. The number of hydrogen-bond donors (Lipinski definition) is 1. The van der Waals surface area contributed by atoms with Crippen molar-refractivity contribution in [3.05, 3.63) is 45.6 Å². The number of amides is 1. The summed E-state index contributed by atoms with van der Waals surface area (Å²) in [5, 5.41) is 2.96. The average molecular weight is 345 g/mol. The van der Waals surface area contributed by atoms with E-state index in [9.17, 15) is 4.79 Å². The summed E-state index contributed by atoms with van der Waals surface area (Å²) in [6, 6.07) is 9.75. The largest absolute Gasteiger partial charge is 0.373 e. The number of hydrogen-bond acceptors (Lipinski definition) is 6. The van der Waals surface area contributed by atoms with Crippen molar-refractivity contribution < 1.29 is 9.53 Å². The molecule has 0 saturated carbocycles. The van der Waals surface area contributed by atoms with Gasteiger partial charge in [-0.2, -0.15) is 8.75 Å². The average Bonchev–Trinajstić information content (AvgIpc) is 3.32. The molecule has 2 aromatic heterocycles. The van der Waals surface area contributed by atoms with Gasteiger partial charge in [0.25, 0.3) is 5.91 Å². The molecule has 1 aromatic carbocycles. The molecule has 23 heavy (non-hydrogen) atoms. The van der Waals surface area contributed by atoms with Crippen molar-refractivity contribution in [2.75, 3.05) is 6.61 Å². The number of ether oxygens (including phenoxy) is 1. The third-order valence-electron chi connectivity index (χ3n) is 3.87. The summed E-state index contributed by atoms with van der Waals surface area (Å²) >= 11 is 2.72. The molecular formula is C16H15N3O2S2. The second kappa shape index (κ2) is 6.35. The van der Waals surface area contributed by atoms with Crippen LogP contribution in [0.3, 0.4) is 0 Å². The molecular weight excluding hydrogens is 330 g/mol. The lowest BCUT2D eigenvalue weighted by Gasteiger charge is -2.05. The molecule has 0 bridgehead atoms. The third kappa shape index (κ3) is 3.12. The van der Waals surface area contributed by atoms with Crippen molar-refractivity contribution >= 4 is 40.0 Å². The zero-order chi connectivity index (χ0) is 15.6. The monoisotopic (exact) mass is 345 g/mol. The summed E-state index contributed by atoms with van der Waals surface area (Å²) in [7, 11) is 0. The molecule has 0 unspecified atom stereocenters. The van der Waals surface area contributed by atoms with Crippen molar-refractivity contribution in [1.82, 2.24) is 14.1 Å². The Labute approximate surface area is 141 Å². The highest BCUT2D eigenvalue weighted by atomic mass is 32.1. The summed E-state index contributed by atoms with van der Waals surface area (Å²) in [6.07, 6.45) is 2.31. The topological polar surface area (TPSA) is 64.1 Å². The summed E-state index contributed by atoms with van der Waals surface area (Å²) in [5.74, 6) is -0.0456. The van der Waals surface area contributed by atoms with Crippen LogP contribution in [0.5, 0.6) is 0 Å². The van der Waals surface area contributed by atoms with Crippen molar-refractivity contribution in [2.24, 2.45) is 0 Å². The Kier molecular flexibility index (Phi) is 4.07. The smallest absolute Gasteiger partial charge is 0.261 e. The van der Waals surface area contributed by atoms with E-state index in [1.165, 1.54) is 23.1 Å². The molecule has 1 saturated heterocycles. The quantitative estimate of drug-likeness (QED) is 0.785. The first-order valence-corrected chi connectivity index (χ1v) is 9.05. The van der Waals surface area contributed by atoms with Crippen LogP contribution in [0.15, 0.2) is 30.3 Å². The highest BCUT2D eigenvalue weighted by molar-refractivity contribution is 7.14. The van der Waals surface area contributed by atoms with E-state index < -0.39 is 0 Å². The molecule has 5 nitrogen and oxygen atoms in total. The maximum Gasteiger partial charge on any atom is 0.261 e. The number of rotatable bonds is 4. The fraction of sp³-hybridized carbons (Fsp3) is 0.312. The SMILES string of the molecule is O=C(NCc1ccc2nsnc2c1)c1ccc([C@H]2CCCO2)s1. The minimum absolute atomic E-state index is 0.0456. The van der Waals surface area contributed by atoms with Gasteiger partial charge in [-0.3, -0.25) is 4.79 Å². The van der Waals surface area contributed by atoms with Crippen LogP contribution in [0.25, 0.3) is 11.0 Å². The van der Waals surface area contributed by atoms with Crippen molar-refractivity contribution in [3.63, 3.8) is 0 Å². The van der Waals surface area contributed by atoms with Crippen molar-refractivity contribution in [1.29, 1.82) is 0 Å². The highest BCUT2D eigenvalue weighted by Crippen LogP contribution is 2.33. The number of carbonyl (C=O) groups excluding carboxylic acids is 1. The molecule has 7 heteroatoms. The number of benzene rings is 1. The van der Waals surface area contributed by atoms with Gasteiger partial charge >= 0.3 is 0 Å². The summed E-state index contributed by atoms with van der Waals surface area (Å²) < 4.78 is 14.1. The maximum absolute atomic E-state index is 12.3. The lowest BCUT2D eigenvalue weighted by atomic mass is 10.2. The maximum atomic E-state index is 12.3.